The zero-order chi connectivity index (χ0) is 20.7. The first-order valence-corrected chi connectivity index (χ1v) is 9.54. The van der Waals surface area contributed by atoms with Gasteiger partial charge in [-0.2, -0.15) is 5.26 Å². The van der Waals surface area contributed by atoms with Gasteiger partial charge in [-0.15, -0.1) is 0 Å². The SMILES string of the molecule is COc1ccc(C#N)cc1OCCOc1ccc(C(C)(C)c2ccccc2)cc1. The second kappa shape index (κ2) is 9.16. The molecule has 4 heteroatoms. The van der Waals surface area contributed by atoms with Crippen molar-refractivity contribution < 1.29 is 14.2 Å². The molecule has 0 radical (unpaired) electrons. The Bertz CT molecular complexity index is 973. The predicted molar refractivity (Wildman–Crippen MR) is 114 cm³/mol. The van der Waals surface area contributed by atoms with Crippen molar-refractivity contribution in [3.63, 3.8) is 0 Å². The fourth-order valence-corrected chi connectivity index (χ4v) is 3.16. The van der Waals surface area contributed by atoms with E-state index >= 15 is 0 Å². The monoisotopic (exact) mass is 387 g/mol. The maximum atomic E-state index is 9.03. The summed E-state index contributed by atoms with van der Waals surface area (Å²) in [5.41, 5.74) is 2.95. The lowest BCUT2D eigenvalue weighted by molar-refractivity contribution is 0.211. The second-order valence-electron chi connectivity index (χ2n) is 7.19. The summed E-state index contributed by atoms with van der Waals surface area (Å²) in [5, 5.41) is 9.03. The average molecular weight is 387 g/mol. The molecule has 0 saturated carbocycles. The highest BCUT2D eigenvalue weighted by atomic mass is 16.5. The third-order valence-corrected chi connectivity index (χ3v) is 4.97. The molecule has 0 saturated heterocycles. The van der Waals surface area contributed by atoms with Gasteiger partial charge in [0.15, 0.2) is 11.5 Å². The van der Waals surface area contributed by atoms with E-state index in [4.69, 9.17) is 19.5 Å². The van der Waals surface area contributed by atoms with Gasteiger partial charge in [0.1, 0.15) is 19.0 Å². The van der Waals surface area contributed by atoms with Gasteiger partial charge >= 0.3 is 0 Å². The van der Waals surface area contributed by atoms with E-state index < -0.39 is 0 Å². The van der Waals surface area contributed by atoms with Crippen LogP contribution in [0, 0.1) is 11.3 Å². The molecule has 0 N–H and O–H groups in total. The lowest BCUT2D eigenvalue weighted by Crippen LogP contribution is -2.18. The molecule has 3 aromatic rings. The van der Waals surface area contributed by atoms with Crippen LogP contribution < -0.4 is 14.2 Å². The molecule has 0 heterocycles. The fourth-order valence-electron chi connectivity index (χ4n) is 3.16. The third-order valence-electron chi connectivity index (χ3n) is 4.97. The highest BCUT2D eigenvalue weighted by Crippen LogP contribution is 2.32. The molecule has 29 heavy (non-hydrogen) atoms. The van der Waals surface area contributed by atoms with E-state index in [2.05, 4.69) is 56.3 Å². The summed E-state index contributed by atoms with van der Waals surface area (Å²) < 4.78 is 16.8. The molecule has 0 aliphatic carbocycles. The lowest BCUT2D eigenvalue weighted by Gasteiger charge is -2.26. The minimum atomic E-state index is -0.0782. The third kappa shape index (κ3) is 4.89. The summed E-state index contributed by atoms with van der Waals surface area (Å²) in [6.07, 6.45) is 0. The predicted octanol–water partition coefficient (Wildman–Crippen LogP) is 5.35. The fraction of sp³-hybridized carbons (Fsp3) is 0.240. The highest BCUT2D eigenvalue weighted by molar-refractivity contribution is 5.46. The van der Waals surface area contributed by atoms with E-state index in [1.165, 1.54) is 11.1 Å². The van der Waals surface area contributed by atoms with Gasteiger partial charge in [-0.3, -0.25) is 0 Å². The minimum Gasteiger partial charge on any atom is -0.493 e. The Morgan fingerprint density at radius 2 is 1.45 bits per heavy atom. The van der Waals surface area contributed by atoms with Gasteiger partial charge in [0, 0.05) is 11.5 Å². The van der Waals surface area contributed by atoms with Crippen molar-refractivity contribution in [2.24, 2.45) is 0 Å². The summed E-state index contributed by atoms with van der Waals surface area (Å²) in [6, 6.07) is 25.8. The Kier molecular flexibility index (Phi) is 6.41. The molecular formula is C25H25NO3. The second-order valence-corrected chi connectivity index (χ2v) is 7.19. The summed E-state index contributed by atoms with van der Waals surface area (Å²) in [6.45, 7) is 5.17. The van der Waals surface area contributed by atoms with Crippen LogP contribution in [-0.4, -0.2) is 20.3 Å². The van der Waals surface area contributed by atoms with Gasteiger partial charge in [-0.25, -0.2) is 0 Å². The molecule has 0 bridgehead atoms. The van der Waals surface area contributed by atoms with Crippen LogP contribution in [0.4, 0.5) is 0 Å². The van der Waals surface area contributed by atoms with Crippen molar-refractivity contribution in [2.75, 3.05) is 20.3 Å². The molecule has 0 aromatic heterocycles. The zero-order valence-electron chi connectivity index (χ0n) is 17.0. The molecule has 0 aliphatic heterocycles. The molecule has 0 aliphatic rings. The number of benzene rings is 3. The summed E-state index contributed by atoms with van der Waals surface area (Å²) in [7, 11) is 1.57. The van der Waals surface area contributed by atoms with Crippen molar-refractivity contribution in [3.05, 3.63) is 89.5 Å². The summed E-state index contributed by atoms with van der Waals surface area (Å²) in [5.74, 6) is 1.92. The molecule has 0 amide bonds. The number of hydrogen-bond donors (Lipinski definition) is 0. The number of nitrogens with zero attached hydrogens (tertiary/aromatic N) is 1. The summed E-state index contributed by atoms with van der Waals surface area (Å²) >= 11 is 0. The van der Waals surface area contributed by atoms with Crippen LogP contribution in [0.3, 0.4) is 0 Å². The lowest BCUT2D eigenvalue weighted by atomic mass is 9.78. The van der Waals surface area contributed by atoms with Crippen molar-refractivity contribution in [1.29, 1.82) is 5.26 Å². The van der Waals surface area contributed by atoms with Gasteiger partial charge in [-0.1, -0.05) is 56.3 Å². The van der Waals surface area contributed by atoms with Gasteiger partial charge in [0.25, 0.3) is 0 Å². The number of ether oxygens (including phenoxy) is 3. The molecule has 0 atom stereocenters. The average Bonchev–Trinajstić information content (AvgIpc) is 2.77. The standard InChI is InChI=1S/C25H25NO3/c1-25(2,20-7-5-4-6-8-20)21-10-12-22(13-11-21)28-15-16-29-24-17-19(18-26)9-14-23(24)27-3/h4-14,17H,15-16H2,1-3H3. The van der Waals surface area contributed by atoms with Crippen LogP contribution in [0.25, 0.3) is 0 Å². The Hall–Kier alpha value is -3.45. The topological polar surface area (TPSA) is 51.5 Å². The van der Waals surface area contributed by atoms with Crippen LogP contribution >= 0.6 is 0 Å². The van der Waals surface area contributed by atoms with Crippen LogP contribution in [0.15, 0.2) is 72.8 Å². The van der Waals surface area contributed by atoms with Crippen LogP contribution in [0.2, 0.25) is 0 Å². The number of methoxy groups -OCH3 is 1. The molecule has 148 valence electrons. The Balaban J connectivity index is 1.57. The first kappa shape index (κ1) is 20.3. The first-order chi connectivity index (χ1) is 14.0. The first-order valence-electron chi connectivity index (χ1n) is 9.54. The van der Waals surface area contributed by atoms with Gasteiger partial charge in [0.2, 0.25) is 0 Å². The van der Waals surface area contributed by atoms with Crippen LogP contribution in [0.1, 0.15) is 30.5 Å². The molecular weight excluding hydrogens is 362 g/mol. The molecule has 0 spiro atoms. The number of rotatable bonds is 8. The Labute approximate surface area is 172 Å². The van der Waals surface area contributed by atoms with E-state index in [1.807, 2.05) is 18.2 Å². The van der Waals surface area contributed by atoms with E-state index in [9.17, 15) is 0 Å². The van der Waals surface area contributed by atoms with E-state index in [-0.39, 0.29) is 5.41 Å². The Morgan fingerprint density at radius 3 is 2.10 bits per heavy atom. The highest BCUT2D eigenvalue weighted by Gasteiger charge is 2.22. The van der Waals surface area contributed by atoms with Crippen LogP contribution in [0.5, 0.6) is 17.2 Å². The minimum absolute atomic E-state index is 0.0782. The van der Waals surface area contributed by atoms with Gasteiger partial charge in [0.05, 0.1) is 18.7 Å². The molecule has 3 rings (SSSR count). The molecule has 4 nitrogen and oxygen atoms in total. The summed E-state index contributed by atoms with van der Waals surface area (Å²) in [4.78, 5) is 0. The van der Waals surface area contributed by atoms with Crippen LogP contribution in [-0.2, 0) is 5.41 Å². The van der Waals surface area contributed by atoms with Gasteiger partial charge in [-0.05, 0) is 35.4 Å². The van der Waals surface area contributed by atoms with Crippen molar-refractivity contribution >= 4 is 0 Å². The number of hydrogen-bond acceptors (Lipinski definition) is 4. The largest absolute Gasteiger partial charge is 0.493 e. The molecule has 0 unspecified atom stereocenters. The number of nitriles is 1. The smallest absolute Gasteiger partial charge is 0.162 e. The van der Waals surface area contributed by atoms with Crippen molar-refractivity contribution in [2.45, 2.75) is 19.3 Å². The molecule has 3 aromatic carbocycles. The van der Waals surface area contributed by atoms with E-state index in [0.717, 1.165) is 5.75 Å². The maximum Gasteiger partial charge on any atom is 0.162 e. The normalized spacial score (nSPS) is 10.8. The molecule has 0 fully saturated rings. The van der Waals surface area contributed by atoms with Gasteiger partial charge < -0.3 is 14.2 Å². The zero-order valence-corrected chi connectivity index (χ0v) is 17.0. The quantitative estimate of drug-likeness (QED) is 0.489. The Morgan fingerprint density at radius 1 is 0.793 bits per heavy atom. The van der Waals surface area contributed by atoms with Crippen molar-refractivity contribution in [1.82, 2.24) is 0 Å². The van der Waals surface area contributed by atoms with Crippen molar-refractivity contribution in [3.8, 4) is 23.3 Å². The van der Waals surface area contributed by atoms with E-state index in [1.54, 1.807) is 25.3 Å². The van der Waals surface area contributed by atoms with E-state index in [0.29, 0.717) is 30.3 Å². The maximum absolute atomic E-state index is 9.03.